The summed E-state index contributed by atoms with van der Waals surface area (Å²) in [6.07, 6.45) is 1.50. The van der Waals surface area contributed by atoms with Gasteiger partial charge in [-0.3, -0.25) is 20.4 Å². The molecule has 11 heteroatoms. The number of amides is 2. The largest absolute Gasteiger partial charge is 0.463 e. The first-order valence-electron chi connectivity index (χ1n) is 9.45. The number of rotatable bonds is 6. The molecule has 0 spiro atoms. The van der Waals surface area contributed by atoms with Gasteiger partial charge in [-0.1, -0.05) is 24.3 Å². The Hall–Kier alpha value is -3.54. The van der Waals surface area contributed by atoms with Crippen molar-refractivity contribution in [2.24, 2.45) is 0 Å². The van der Waals surface area contributed by atoms with Gasteiger partial charge in [-0.25, -0.2) is 13.4 Å². The number of hydrogen-bond acceptors (Lipinski definition) is 7. The summed E-state index contributed by atoms with van der Waals surface area (Å²) in [5.74, 6) is -0.813. The van der Waals surface area contributed by atoms with E-state index < -0.39 is 27.9 Å². The number of nitrogens with zero attached hydrogens (tertiary/aromatic N) is 1. The molecule has 9 nitrogen and oxygen atoms in total. The molecular weight excluding hydrogens is 452 g/mol. The molecule has 3 aromatic heterocycles. The van der Waals surface area contributed by atoms with Crippen LogP contribution in [0.1, 0.15) is 17.3 Å². The number of hydrogen-bond donors (Lipinski definition) is 3. The minimum Gasteiger partial charge on any atom is -0.463 e. The van der Waals surface area contributed by atoms with Crippen LogP contribution < -0.4 is 15.6 Å². The van der Waals surface area contributed by atoms with Gasteiger partial charge in [-0.2, -0.15) is 4.72 Å². The molecule has 2 amide bonds. The van der Waals surface area contributed by atoms with Crippen LogP contribution >= 0.6 is 11.3 Å². The van der Waals surface area contributed by atoms with Crippen LogP contribution in [0.3, 0.4) is 0 Å². The van der Waals surface area contributed by atoms with E-state index >= 15 is 0 Å². The van der Waals surface area contributed by atoms with E-state index in [2.05, 4.69) is 20.6 Å². The lowest BCUT2D eigenvalue weighted by molar-refractivity contribution is -0.123. The average Bonchev–Trinajstić information content (AvgIpc) is 3.51. The summed E-state index contributed by atoms with van der Waals surface area (Å²) in [5, 5.41) is 2.20. The fourth-order valence-electron chi connectivity index (χ4n) is 2.97. The Kier molecular flexibility index (Phi) is 6.04. The Morgan fingerprint density at radius 3 is 2.59 bits per heavy atom. The number of nitrogens with one attached hydrogen (secondary N) is 3. The highest BCUT2D eigenvalue weighted by Crippen LogP contribution is 2.25. The molecule has 0 fully saturated rings. The predicted octanol–water partition coefficient (Wildman–Crippen LogP) is 2.68. The van der Waals surface area contributed by atoms with Crippen molar-refractivity contribution in [1.29, 1.82) is 0 Å². The Balaban J connectivity index is 1.50. The first-order valence-corrected chi connectivity index (χ1v) is 11.8. The number of benzene rings is 1. The maximum atomic E-state index is 12.9. The van der Waals surface area contributed by atoms with Gasteiger partial charge in [0, 0.05) is 5.39 Å². The van der Waals surface area contributed by atoms with E-state index in [-0.39, 0.29) is 9.77 Å². The summed E-state index contributed by atoms with van der Waals surface area (Å²) in [7, 11) is -3.84. The van der Waals surface area contributed by atoms with E-state index in [0.29, 0.717) is 22.4 Å². The number of carbonyl (C=O) groups is 2. The zero-order chi connectivity index (χ0) is 22.7. The number of sulfonamides is 1. The van der Waals surface area contributed by atoms with Gasteiger partial charge in [-0.05, 0) is 42.6 Å². The first kappa shape index (κ1) is 21.7. The van der Waals surface area contributed by atoms with E-state index in [1.165, 1.54) is 19.3 Å². The lowest BCUT2D eigenvalue weighted by Gasteiger charge is -2.15. The van der Waals surface area contributed by atoms with Gasteiger partial charge < -0.3 is 4.42 Å². The Morgan fingerprint density at radius 2 is 1.88 bits per heavy atom. The van der Waals surface area contributed by atoms with Crippen LogP contribution in [-0.4, -0.2) is 31.3 Å². The zero-order valence-corrected chi connectivity index (χ0v) is 18.4. The normalized spacial score (nSPS) is 12.4. The van der Waals surface area contributed by atoms with Gasteiger partial charge in [0.05, 0.1) is 23.4 Å². The number of hydrazine groups is 1. The minimum atomic E-state index is -3.84. The Morgan fingerprint density at radius 1 is 1.06 bits per heavy atom. The summed E-state index contributed by atoms with van der Waals surface area (Å²) in [4.78, 5) is 29.7. The Bertz CT molecular complexity index is 1370. The van der Waals surface area contributed by atoms with Crippen LogP contribution in [0.25, 0.3) is 22.4 Å². The molecule has 0 bridgehead atoms. The average molecular weight is 471 g/mol. The van der Waals surface area contributed by atoms with Gasteiger partial charge in [0.15, 0.2) is 5.76 Å². The van der Waals surface area contributed by atoms with Crippen LogP contribution in [0.2, 0.25) is 0 Å². The van der Waals surface area contributed by atoms with Crippen LogP contribution in [0.5, 0.6) is 0 Å². The van der Waals surface area contributed by atoms with Gasteiger partial charge in [-0.15, -0.1) is 11.3 Å². The summed E-state index contributed by atoms with van der Waals surface area (Å²) >= 11 is 1.03. The quantitative estimate of drug-likeness (QED) is 0.372. The van der Waals surface area contributed by atoms with Gasteiger partial charge >= 0.3 is 0 Å². The molecule has 0 aliphatic rings. The maximum absolute atomic E-state index is 12.9. The fourth-order valence-corrected chi connectivity index (χ4v) is 5.18. The molecule has 4 aromatic rings. The molecule has 32 heavy (non-hydrogen) atoms. The third-order valence-electron chi connectivity index (χ3n) is 4.52. The van der Waals surface area contributed by atoms with Crippen molar-refractivity contribution in [1.82, 2.24) is 20.6 Å². The molecule has 3 heterocycles. The van der Waals surface area contributed by atoms with E-state index in [1.54, 1.807) is 53.9 Å². The van der Waals surface area contributed by atoms with E-state index in [1.807, 2.05) is 0 Å². The zero-order valence-electron chi connectivity index (χ0n) is 16.7. The third-order valence-corrected chi connectivity index (χ3v) is 7.46. The van der Waals surface area contributed by atoms with E-state index in [9.17, 15) is 18.0 Å². The number of carbonyl (C=O) groups excluding carboxylic acids is 2. The lowest BCUT2D eigenvalue weighted by Crippen LogP contribution is -2.51. The van der Waals surface area contributed by atoms with Crippen LogP contribution in [0.4, 0.5) is 0 Å². The van der Waals surface area contributed by atoms with Crippen molar-refractivity contribution in [2.45, 2.75) is 17.2 Å². The molecule has 0 radical (unpaired) electrons. The van der Waals surface area contributed by atoms with E-state index in [4.69, 9.17) is 4.42 Å². The molecule has 0 saturated heterocycles. The molecule has 1 aromatic carbocycles. The standard InChI is InChI=1S/C21H18N4O5S2/c1-13(25-32(28,29)19-9-5-11-31-19)20(26)23-24-21(27)15-12-17(18-8-4-10-30-18)22-16-7-3-2-6-14(15)16/h2-13,25H,1H3,(H,23,26)(H,24,27). The SMILES string of the molecule is CC(NS(=O)(=O)c1cccs1)C(=O)NNC(=O)c1cc(-c2ccco2)nc2ccccc12. The molecule has 4 rings (SSSR count). The van der Waals surface area contributed by atoms with Crippen molar-refractivity contribution >= 4 is 44.1 Å². The van der Waals surface area contributed by atoms with E-state index in [0.717, 1.165) is 11.3 Å². The Labute approximate surface area is 187 Å². The summed E-state index contributed by atoms with van der Waals surface area (Å²) < 4.78 is 32.3. The molecule has 3 N–H and O–H groups in total. The molecule has 0 aliphatic heterocycles. The number of fused-ring (bicyclic) bond motifs is 1. The van der Waals surface area contributed by atoms with Crippen molar-refractivity contribution in [3.05, 3.63) is 71.8 Å². The highest BCUT2D eigenvalue weighted by atomic mass is 32.2. The second-order valence-corrected chi connectivity index (χ2v) is 9.66. The number of aromatic nitrogens is 1. The maximum Gasteiger partial charge on any atom is 0.270 e. The number of para-hydroxylation sites is 1. The smallest absolute Gasteiger partial charge is 0.270 e. The topological polar surface area (TPSA) is 130 Å². The summed E-state index contributed by atoms with van der Waals surface area (Å²) in [6.45, 7) is 1.38. The van der Waals surface area contributed by atoms with Gasteiger partial charge in [0.1, 0.15) is 9.90 Å². The summed E-state index contributed by atoms with van der Waals surface area (Å²) in [6, 6.07) is 14.0. The number of thiophene rings is 1. The molecule has 0 aliphatic carbocycles. The predicted molar refractivity (Wildman–Crippen MR) is 119 cm³/mol. The third kappa shape index (κ3) is 4.54. The van der Waals surface area contributed by atoms with Crippen LogP contribution in [0.15, 0.2) is 74.9 Å². The van der Waals surface area contributed by atoms with Gasteiger partial charge in [0.2, 0.25) is 0 Å². The fraction of sp³-hybridized carbons (Fsp3) is 0.0952. The van der Waals surface area contributed by atoms with Crippen molar-refractivity contribution in [3.8, 4) is 11.5 Å². The van der Waals surface area contributed by atoms with Gasteiger partial charge in [0.25, 0.3) is 21.8 Å². The molecule has 164 valence electrons. The minimum absolute atomic E-state index is 0.0925. The summed E-state index contributed by atoms with van der Waals surface area (Å²) in [5.41, 5.74) is 5.91. The molecular formula is C21H18N4O5S2. The molecule has 0 saturated carbocycles. The molecule has 1 unspecified atom stereocenters. The second-order valence-electron chi connectivity index (χ2n) is 6.77. The van der Waals surface area contributed by atoms with Crippen LogP contribution in [0, 0.1) is 0 Å². The highest BCUT2D eigenvalue weighted by molar-refractivity contribution is 7.91. The second kappa shape index (κ2) is 8.91. The highest BCUT2D eigenvalue weighted by Gasteiger charge is 2.23. The van der Waals surface area contributed by atoms with Crippen molar-refractivity contribution in [3.63, 3.8) is 0 Å². The number of furan rings is 1. The number of pyridine rings is 1. The molecule has 1 atom stereocenters. The van der Waals surface area contributed by atoms with Crippen molar-refractivity contribution in [2.75, 3.05) is 0 Å². The van der Waals surface area contributed by atoms with Crippen LogP contribution in [-0.2, 0) is 14.8 Å². The lowest BCUT2D eigenvalue weighted by atomic mass is 10.1. The monoisotopic (exact) mass is 470 g/mol. The first-order chi connectivity index (χ1) is 15.3. The van der Waals surface area contributed by atoms with Crippen molar-refractivity contribution < 1.29 is 22.4 Å².